The molecule has 1 saturated carbocycles. The number of guanidine groups is 1. The van der Waals surface area contributed by atoms with Gasteiger partial charge in [-0.05, 0) is 69.7 Å². The highest BCUT2D eigenvalue weighted by atomic mass is 16.6. The third kappa shape index (κ3) is 4.89. The predicted molar refractivity (Wildman–Crippen MR) is 145 cm³/mol. The summed E-state index contributed by atoms with van der Waals surface area (Å²) in [7, 11) is 3.80. The lowest BCUT2D eigenvalue weighted by Crippen LogP contribution is -2.66. The largest absolute Gasteiger partial charge is 0.483 e. The molecule has 2 fully saturated rings. The minimum atomic E-state index is -0.686. The van der Waals surface area contributed by atoms with Crippen LogP contribution >= 0.6 is 0 Å². The van der Waals surface area contributed by atoms with Gasteiger partial charge in [0, 0.05) is 43.7 Å². The lowest BCUT2D eigenvalue weighted by Gasteiger charge is -2.58. The third-order valence-electron chi connectivity index (χ3n) is 9.15. The van der Waals surface area contributed by atoms with Gasteiger partial charge in [0.2, 0.25) is 5.91 Å². The van der Waals surface area contributed by atoms with Gasteiger partial charge in [-0.3, -0.25) is 10.2 Å². The van der Waals surface area contributed by atoms with E-state index in [4.69, 9.17) is 26.4 Å². The quantitative estimate of drug-likeness (QED) is 0.140. The number of likely N-dealkylation sites (N-methyl/N-ethyl adjacent to an activating group) is 2. The summed E-state index contributed by atoms with van der Waals surface area (Å²) in [6.07, 6.45) is 3.15. The molecule has 6 atom stereocenters. The molecular formula is C27H41N7O5. The van der Waals surface area contributed by atoms with Crippen molar-refractivity contribution in [1.29, 1.82) is 5.41 Å². The van der Waals surface area contributed by atoms with Crippen LogP contribution in [0, 0.1) is 11.3 Å². The van der Waals surface area contributed by atoms with Crippen LogP contribution in [0.2, 0.25) is 0 Å². The first-order valence-corrected chi connectivity index (χ1v) is 13.9. The van der Waals surface area contributed by atoms with Crippen LogP contribution in [0.1, 0.15) is 43.2 Å². The van der Waals surface area contributed by atoms with Gasteiger partial charge < -0.3 is 46.5 Å². The Morgan fingerprint density at radius 2 is 2.13 bits per heavy atom. The van der Waals surface area contributed by atoms with E-state index >= 15 is 0 Å². The number of benzene rings is 1. The fourth-order valence-corrected chi connectivity index (χ4v) is 7.20. The molecule has 12 nitrogen and oxygen atoms in total. The molecule has 4 aliphatic rings. The summed E-state index contributed by atoms with van der Waals surface area (Å²) in [4.78, 5) is 29.1. The highest BCUT2D eigenvalue weighted by molar-refractivity contribution is 5.81. The van der Waals surface area contributed by atoms with Gasteiger partial charge in [-0.1, -0.05) is 6.07 Å². The Morgan fingerprint density at radius 3 is 2.90 bits per heavy atom. The number of nitrogens with one attached hydrogen (secondary N) is 3. The number of amides is 2. The zero-order chi connectivity index (χ0) is 27.9. The molecule has 2 heterocycles. The molecule has 5 rings (SSSR count). The number of carbonyl (C=O) groups excluding carboxylic acids is 2. The number of hydrogen-bond acceptors (Lipinski definition) is 8. The maximum Gasteiger partial charge on any atom is 0.415 e. The minimum Gasteiger partial charge on any atom is -0.483 e. The SMILES string of the molecule is CN(CCNC(=O)[C@@H](N)CCCNC(=N)N)C(=O)Oc1ccc2c3c1O[C@H]1C(O)CCC4[C@@H](C2)N(C)CC[C@@]341. The van der Waals surface area contributed by atoms with E-state index in [2.05, 4.69) is 22.6 Å². The van der Waals surface area contributed by atoms with Crippen molar-refractivity contribution in [2.24, 2.45) is 17.4 Å². The van der Waals surface area contributed by atoms with Crippen LogP contribution in [0.25, 0.3) is 0 Å². The van der Waals surface area contributed by atoms with E-state index in [1.807, 2.05) is 6.07 Å². The molecule has 1 aromatic rings. The Balaban J connectivity index is 1.20. The summed E-state index contributed by atoms with van der Waals surface area (Å²) in [5.74, 6) is 0.971. The fraction of sp³-hybridized carbons (Fsp3) is 0.667. The molecule has 1 spiro atoms. The normalized spacial score (nSPS) is 29.0. The Hall–Kier alpha value is -3.09. The second-order valence-electron chi connectivity index (χ2n) is 11.4. The van der Waals surface area contributed by atoms with Gasteiger partial charge in [0.15, 0.2) is 17.5 Å². The Morgan fingerprint density at radius 1 is 1.33 bits per heavy atom. The van der Waals surface area contributed by atoms with Crippen LogP contribution in [-0.4, -0.2) is 97.4 Å². The van der Waals surface area contributed by atoms with E-state index in [0.717, 1.165) is 31.4 Å². The Bertz CT molecular complexity index is 1130. The molecule has 39 heavy (non-hydrogen) atoms. The number of aliphatic hydroxyl groups excluding tert-OH is 1. The number of nitrogens with zero attached hydrogens (tertiary/aromatic N) is 2. The summed E-state index contributed by atoms with van der Waals surface area (Å²) in [5, 5.41) is 23.5. The average molecular weight is 544 g/mol. The second kappa shape index (κ2) is 10.8. The van der Waals surface area contributed by atoms with Crippen molar-refractivity contribution in [1.82, 2.24) is 20.4 Å². The molecule has 1 saturated heterocycles. The first kappa shape index (κ1) is 27.5. The predicted octanol–water partition coefficient (Wildman–Crippen LogP) is -0.146. The number of hydrogen-bond donors (Lipinski definition) is 6. The molecule has 1 aromatic carbocycles. The van der Waals surface area contributed by atoms with E-state index in [0.29, 0.717) is 49.3 Å². The van der Waals surface area contributed by atoms with Crippen molar-refractivity contribution < 1.29 is 24.2 Å². The van der Waals surface area contributed by atoms with Crippen molar-refractivity contribution in [2.45, 2.75) is 68.2 Å². The van der Waals surface area contributed by atoms with Crippen molar-refractivity contribution in [3.05, 3.63) is 23.3 Å². The molecule has 2 bridgehead atoms. The van der Waals surface area contributed by atoms with Gasteiger partial charge in [0.1, 0.15) is 6.10 Å². The Kier molecular flexibility index (Phi) is 7.62. The summed E-state index contributed by atoms with van der Waals surface area (Å²) in [5.41, 5.74) is 13.3. The maximum atomic E-state index is 13.0. The van der Waals surface area contributed by atoms with Crippen LogP contribution in [0.15, 0.2) is 12.1 Å². The fourth-order valence-electron chi connectivity index (χ4n) is 7.20. The molecule has 0 radical (unpaired) electrons. The van der Waals surface area contributed by atoms with Crippen LogP contribution in [0.3, 0.4) is 0 Å². The number of nitrogens with two attached hydrogens (primary N) is 2. The second-order valence-corrected chi connectivity index (χ2v) is 11.4. The van der Waals surface area contributed by atoms with Crippen molar-refractivity contribution in [3.8, 4) is 11.5 Å². The first-order chi connectivity index (χ1) is 18.6. The molecule has 8 N–H and O–H groups in total. The molecular weight excluding hydrogens is 502 g/mol. The van der Waals surface area contributed by atoms with Gasteiger partial charge in [0.05, 0.1) is 12.1 Å². The first-order valence-electron chi connectivity index (χ1n) is 13.9. The minimum absolute atomic E-state index is 0.117. The third-order valence-corrected chi connectivity index (χ3v) is 9.15. The van der Waals surface area contributed by atoms with E-state index in [1.165, 1.54) is 10.5 Å². The molecule has 2 aliphatic heterocycles. The molecule has 2 amide bonds. The number of ether oxygens (including phenoxy) is 2. The number of piperidine rings is 1. The van der Waals surface area contributed by atoms with E-state index in [-0.39, 0.29) is 36.5 Å². The topological polar surface area (TPSA) is 179 Å². The molecule has 2 aliphatic carbocycles. The highest BCUT2D eigenvalue weighted by Crippen LogP contribution is 2.63. The van der Waals surface area contributed by atoms with Crippen LogP contribution in [-0.2, 0) is 16.6 Å². The van der Waals surface area contributed by atoms with Crippen molar-refractivity contribution >= 4 is 18.0 Å². The van der Waals surface area contributed by atoms with Crippen LogP contribution < -0.4 is 31.6 Å². The standard InChI is InChI=1S/C27H41N7O5/c1-33-12-9-27-16-6-7-19(35)23(27)39-22-20(8-5-15(21(22)27)14-18(16)33)38-26(37)34(2)13-11-31-24(36)17(28)4-3-10-32-25(29)30/h5,8,16-19,23,35H,3-4,6-7,9-14,28H2,1-2H3,(H,31,36)(H4,29,30,32)/t16?,17-,18+,19?,23-,27-/m0/s1. The number of aliphatic hydroxyl groups is 1. The summed E-state index contributed by atoms with van der Waals surface area (Å²) >= 11 is 0. The lowest BCUT2D eigenvalue weighted by atomic mass is 9.51. The van der Waals surface area contributed by atoms with E-state index < -0.39 is 18.2 Å². The molecule has 0 aromatic heterocycles. The molecule has 214 valence electrons. The Labute approximate surface area is 228 Å². The lowest BCUT2D eigenvalue weighted by molar-refractivity contribution is -0.122. The van der Waals surface area contributed by atoms with E-state index in [1.54, 1.807) is 13.1 Å². The zero-order valence-electron chi connectivity index (χ0n) is 22.7. The highest BCUT2D eigenvalue weighted by Gasteiger charge is 2.65. The molecule has 12 heteroatoms. The zero-order valence-corrected chi connectivity index (χ0v) is 22.7. The van der Waals surface area contributed by atoms with Crippen LogP contribution in [0.5, 0.6) is 11.5 Å². The van der Waals surface area contributed by atoms with Gasteiger partial charge >= 0.3 is 6.09 Å². The van der Waals surface area contributed by atoms with Gasteiger partial charge in [0.25, 0.3) is 0 Å². The monoisotopic (exact) mass is 543 g/mol. The van der Waals surface area contributed by atoms with Gasteiger partial charge in [-0.25, -0.2) is 4.79 Å². The van der Waals surface area contributed by atoms with Gasteiger partial charge in [-0.2, -0.15) is 0 Å². The number of rotatable bonds is 9. The van der Waals surface area contributed by atoms with E-state index in [9.17, 15) is 14.7 Å². The summed E-state index contributed by atoms with van der Waals surface area (Å²) < 4.78 is 12.3. The smallest absolute Gasteiger partial charge is 0.415 e. The average Bonchev–Trinajstić information content (AvgIpc) is 3.26. The summed E-state index contributed by atoms with van der Waals surface area (Å²) in [6, 6.07) is 3.59. The summed E-state index contributed by atoms with van der Waals surface area (Å²) in [6.45, 7) is 1.89. The van der Waals surface area contributed by atoms with Gasteiger partial charge in [-0.15, -0.1) is 0 Å². The van der Waals surface area contributed by atoms with Crippen LogP contribution in [0.4, 0.5) is 4.79 Å². The number of likely N-dealkylation sites (tertiary alicyclic amines) is 1. The van der Waals surface area contributed by atoms with Crippen molar-refractivity contribution in [2.75, 3.05) is 40.3 Å². The van der Waals surface area contributed by atoms with Crippen molar-refractivity contribution in [3.63, 3.8) is 0 Å². The molecule has 2 unspecified atom stereocenters. The number of carbonyl (C=O) groups is 2. The maximum absolute atomic E-state index is 13.0.